The molecule has 2 rings (SSSR count). The highest BCUT2D eigenvalue weighted by molar-refractivity contribution is 5.98. The van der Waals surface area contributed by atoms with Crippen molar-refractivity contribution in [3.63, 3.8) is 0 Å². The molecule has 146 valence electrons. The Kier molecular flexibility index (Phi) is 10.3. The molecule has 2 aromatic carbocycles. The first-order valence-electron chi connectivity index (χ1n) is 10.3. The topological polar surface area (TPSA) is 38.3 Å². The van der Waals surface area contributed by atoms with E-state index in [-0.39, 0.29) is 5.78 Å². The molecular weight excluding hydrogens is 334 g/mol. The number of aryl methyl sites for hydroxylation is 1. The zero-order valence-corrected chi connectivity index (χ0v) is 16.6. The van der Waals surface area contributed by atoms with E-state index in [2.05, 4.69) is 24.4 Å². The number of carbonyl (C=O) groups excluding carboxylic acids is 1. The third-order valence-electron chi connectivity index (χ3n) is 4.61. The molecule has 2 aromatic rings. The number of hydrogen-bond donors (Lipinski definition) is 1. The Hall–Kier alpha value is -2.13. The number of hydrogen-bond acceptors (Lipinski definition) is 3. The molecule has 0 saturated heterocycles. The zero-order valence-electron chi connectivity index (χ0n) is 16.6. The van der Waals surface area contributed by atoms with Crippen molar-refractivity contribution in [1.82, 2.24) is 5.32 Å². The van der Waals surface area contributed by atoms with Gasteiger partial charge in [-0.05, 0) is 56.5 Å². The molecule has 0 fully saturated rings. The van der Waals surface area contributed by atoms with E-state index in [1.807, 2.05) is 42.5 Å². The fraction of sp³-hybridized carbons (Fsp3) is 0.458. The van der Waals surface area contributed by atoms with Crippen LogP contribution in [0.5, 0.6) is 5.75 Å². The van der Waals surface area contributed by atoms with Gasteiger partial charge in [-0.1, -0.05) is 62.2 Å². The van der Waals surface area contributed by atoms with Gasteiger partial charge in [0, 0.05) is 6.42 Å². The number of para-hydroxylation sites is 1. The molecule has 0 radical (unpaired) electrons. The quantitative estimate of drug-likeness (QED) is 0.357. The van der Waals surface area contributed by atoms with E-state index in [4.69, 9.17) is 4.74 Å². The predicted molar refractivity (Wildman–Crippen MR) is 113 cm³/mol. The Bertz CT molecular complexity index is 654. The lowest BCUT2D eigenvalue weighted by Gasteiger charge is -2.11. The molecule has 0 aliphatic carbocycles. The number of Topliss-reactive ketones (excluding diaryl/α,β-unsaturated/α-hetero) is 1. The SMILES string of the molecule is CCCCCNCCCOc1ccccc1C(=O)CCCc1ccccc1. The van der Waals surface area contributed by atoms with Gasteiger partial charge in [0.25, 0.3) is 0 Å². The van der Waals surface area contributed by atoms with Gasteiger partial charge in [0.05, 0.1) is 12.2 Å². The monoisotopic (exact) mass is 367 g/mol. The van der Waals surface area contributed by atoms with Gasteiger partial charge in [-0.3, -0.25) is 4.79 Å². The summed E-state index contributed by atoms with van der Waals surface area (Å²) < 4.78 is 5.89. The van der Waals surface area contributed by atoms with Gasteiger partial charge in [0.15, 0.2) is 5.78 Å². The van der Waals surface area contributed by atoms with Crippen molar-refractivity contribution in [2.75, 3.05) is 19.7 Å². The van der Waals surface area contributed by atoms with E-state index in [1.165, 1.54) is 24.8 Å². The number of benzene rings is 2. The number of ether oxygens (including phenoxy) is 1. The first-order chi connectivity index (χ1) is 13.3. The number of nitrogens with one attached hydrogen (secondary N) is 1. The maximum Gasteiger partial charge on any atom is 0.166 e. The second-order valence-corrected chi connectivity index (χ2v) is 6.92. The largest absolute Gasteiger partial charge is 0.493 e. The van der Waals surface area contributed by atoms with E-state index in [1.54, 1.807) is 0 Å². The van der Waals surface area contributed by atoms with E-state index < -0.39 is 0 Å². The van der Waals surface area contributed by atoms with Crippen LogP contribution in [0.1, 0.15) is 61.4 Å². The number of ketones is 1. The molecule has 3 nitrogen and oxygen atoms in total. The molecule has 0 aromatic heterocycles. The lowest BCUT2D eigenvalue weighted by molar-refractivity contribution is 0.0976. The van der Waals surface area contributed by atoms with Gasteiger partial charge in [-0.25, -0.2) is 0 Å². The highest BCUT2D eigenvalue weighted by Crippen LogP contribution is 2.21. The minimum absolute atomic E-state index is 0.166. The van der Waals surface area contributed by atoms with Crippen LogP contribution < -0.4 is 10.1 Å². The third-order valence-corrected chi connectivity index (χ3v) is 4.61. The van der Waals surface area contributed by atoms with Crippen molar-refractivity contribution in [2.45, 2.75) is 51.9 Å². The Balaban J connectivity index is 1.71. The fourth-order valence-electron chi connectivity index (χ4n) is 3.06. The van der Waals surface area contributed by atoms with Gasteiger partial charge in [0.2, 0.25) is 0 Å². The molecule has 0 spiro atoms. The standard InChI is InChI=1S/C24H33NO2/c1-2-3-9-18-25-19-11-20-27-24-17-8-7-15-22(24)23(26)16-10-14-21-12-5-4-6-13-21/h4-8,12-13,15,17,25H,2-3,9-11,14,16,18-20H2,1H3. The van der Waals surface area contributed by atoms with Crippen LogP contribution in [0.4, 0.5) is 0 Å². The maximum atomic E-state index is 12.6. The lowest BCUT2D eigenvalue weighted by Crippen LogP contribution is -2.18. The van der Waals surface area contributed by atoms with Gasteiger partial charge < -0.3 is 10.1 Å². The van der Waals surface area contributed by atoms with Crippen LogP contribution in [0.3, 0.4) is 0 Å². The van der Waals surface area contributed by atoms with Crippen molar-refractivity contribution in [3.8, 4) is 5.75 Å². The Labute approximate surface area is 164 Å². The molecule has 0 saturated carbocycles. The predicted octanol–water partition coefficient (Wildman–Crippen LogP) is 5.44. The number of carbonyl (C=O) groups is 1. The van der Waals surface area contributed by atoms with Crippen LogP contribution in [0.15, 0.2) is 54.6 Å². The second kappa shape index (κ2) is 13.1. The molecule has 0 aliphatic heterocycles. The minimum Gasteiger partial charge on any atom is -0.493 e. The molecule has 3 heteroatoms. The van der Waals surface area contributed by atoms with E-state index >= 15 is 0 Å². The molecule has 1 N–H and O–H groups in total. The van der Waals surface area contributed by atoms with Gasteiger partial charge in [-0.2, -0.15) is 0 Å². The lowest BCUT2D eigenvalue weighted by atomic mass is 10.0. The molecule has 27 heavy (non-hydrogen) atoms. The molecule has 0 bridgehead atoms. The van der Waals surface area contributed by atoms with Crippen molar-refractivity contribution >= 4 is 5.78 Å². The summed E-state index contributed by atoms with van der Waals surface area (Å²) in [4.78, 5) is 12.6. The fourth-order valence-corrected chi connectivity index (χ4v) is 3.06. The Morgan fingerprint density at radius 1 is 0.889 bits per heavy atom. The van der Waals surface area contributed by atoms with Crippen molar-refractivity contribution < 1.29 is 9.53 Å². The second-order valence-electron chi connectivity index (χ2n) is 6.92. The summed E-state index contributed by atoms with van der Waals surface area (Å²) in [7, 11) is 0. The van der Waals surface area contributed by atoms with Crippen LogP contribution in [-0.2, 0) is 6.42 Å². The van der Waals surface area contributed by atoms with Crippen molar-refractivity contribution in [2.24, 2.45) is 0 Å². The van der Waals surface area contributed by atoms with Crippen LogP contribution in [0.2, 0.25) is 0 Å². The van der Waals surface area contributed by atoms with E-state index in [0.717, 1.165) is 32.4 Å². The van der Waals surface area contributed by atoms with Crippen LogP contribution in [0.25, 0.3) is 0 Å². The number of rotatable bonds is 14. The summed E-state index contributed by atoms with van der Waals surface area (Å²) in [5, 5.41) is 3.44. The summed E-state index contributed by atoms with van der Waals surface area (Å²) in [5.41, 5.74) is 1.99. The highest BCUT2D eigenvalue weighted by Gasteiger charge is 2.11. The van der Waals surface area contributed by atoms with E-state index in [9.17, 15) is 4.79 Å². The van der Waals surface area contributed by atoms with Gasteiger partial charge >= 0.3 is 0 Å². The van der Waals surface area contributed by atoms with Gasteiger partial charge in [-0.15, -0.1) is 0 Å². The molecule has 0 amide bonds. The third kappa shape index (κ3) is 8.40. The smallest absolute Gasteiger partial charge is 0.166 e. The minimum atomic E-state index is 0.166. The average molecular weight is 368 g/mol. The van der Waals surface area contributed by atoms with Crippen molar-refractivity contribution in [3.05, 3.63) is 65.7 Å². The maximum absolute atomic E-state index is 12.6. The normalized spacial score (nSPS) is 10.7. The van der Waals surface area contributed by atoms with Crippen LogP contribution in [-0.4, -0.2) is 25.5 Å². The summed E-state index contributed by atoms with van der Waals surface area (Å²) in [6.45, 7) is 4.88. The summed E-state index contributed by atoms with van der Waals surface area (Å²) >= 11 is 0. The summed E-state index contributed by atoms with van der Waals surface area (Å²) in [6.07, 6.45) is 7.05. The van der Waals surface area contributed by atoms with E-state index in [0.29, 0.717) is 24.3 Å². The molecule has 0 atom stereocenters. The summed E-state index contributed by atoms with van der Waals surface area (Å²) in [6, 6.07) is 17.9. The Morgan fingerprint density at radius 3 is 2.44 bits per heavy atom. The highest BCUT2D eigenvalue weighted by atomic mass is 16.5. The zero-order chi connectivity index (χ0) is 19.2. The first kappa shape index (κ1) is 21.2. The molecule has 0 unspecified atom stereocenters. The molecule has 0 aliphatic rings. The number of unbranched alkanes of at least 4 members (excludes halogenated alkanes) is 2. The van der Waals surface area contributed by atoms with Gasteiger partial charge in [0.1, 0.15) is 5.75 Å². The summed E-state index contributed by atoms with van der Waals surface area (Å²) in [5.74, 6) is 0.882. The average Bonchev–Trinajstić information content (AvgIpc) is 2.71. The van der Waals surface area contributed by atoms with Crippen LogP contribution in [0, 0.1) is 0 Å². The first-order valence-corrected chi connectivity index (χ1v) is 10.3. The molecule has 0 heterocycles. The molecular formula is C24H33NO2. The van der Waals surface area contributed by atoms with Crippen molar-refractivity contribution in [1.29, 1.82) is 0 Å². The van der Waals surface area contributed by atoms with Crippen LogP contribution >= 0.6 is 0 Å². The Morgan fingerprint density at radius 2 is 1.63 bits per heavy atom.